The van der Waals surface area contributed by atoms with Gasteiger partial charge < -0.3 is 10.1 Å². The maximum absolute atomic E-state index is 13.5. The number of halogens is 2. The topological polar surface area (TPSA) is 116 Å². The number of nitro groups is 1. The van der Waals surface area contributed by atoms with Gasteiger partial charge in [-0.25, -0.2) is 8.78 Å². The molecular weight excluding hydrogens is 366 g/mol. The normalized spacial score (nSPS) is 21.7. The first kappa shape index (κ1) is 20.4. The van der Waals surface area contributed by atoms with Crippen LogP contribution in [0.4, 0.5) is 14.5 Å². The minimum atomic E-state index is -0.983. The number of nitrogens with zero attached hydrogens (tertiary/aromatic N) is 1. The van der Waals surface area contributed by atoms with Crippen LogP contribution in [-0.2, 0) is 19.1 Å². The Morgan fingerprint density at radius 1 is 1.37 bits per heavy atom. The van der Waals surface area contributed by atoms with Crippen LogP contribution in [0.2, 0.25) is 0 Å². The fraction of sp³-hybridized carbons (Fsp3) is 0.471. The number of hydrogen-bond acceptors (Lipinski definition) is 6. The van der Waals surface area contributed by atoms with Crippen LogP contribution in [0.25, 0.3) is 0 Å². The first-order valence-electron chi connectivity index (χ1n) is 8.22. The number of Topliss-reactive ketones (excluding diaryl/α,β-unsaturated/α-hetero) is 1. The lowest BCUT2D eigenvalue weighted by atomic mass is 9.88. The lowest BCUT2D eigenvalue weighted by Gasteiger charge is -2.17. The first-order valence-corrected chi connectivity index (χ1v) is 8.22. The Balaban J connectivity index is 1.86. The molecule has 0 aromatic heterocycles. The van der Waals surface area contributed by atoms with E-state index in [1.807, 2.05) is 0 Å². The molecule has 0 radical (unpaired) electrons. The summed E-state index contributed by atoms with van der Waals surface area (Å²) in [5, 5.41) is 12.9. The quantitative estimate of drug-likeness (QED) is 0.436. The highest BCUT2D eigenvalue weighted by Crippen LogP contribution is 2.36. The van der Waals surface area contributed by atoms with Crippen molar-refractivity contribution in [3.8, 4) is 0 Å². The number of carbonyl (C=O) groups excluding carboxylic acids is 3. The summed E-state index contributed by atoms with van der Waals surface area (Å²) in [6.45, 7) is 0.559. The lowest BCUT2D eigenvalue weighted by Crippen LogP contribution is -2.28. The van der Waals surface area contributed by atoms with Crippen molar-refractivity contribution in [3.63, 3.8) is 0 Å². The second kappa shape index (κ2) is 8.65. The molecule has 1 aliphatic carbocycles. The molecule has 27 heavy (non-hydrogen) atoms. The number of amides is 1. The van der Waals surface area contributed by atoms with Crippen molar-refractivity contribution in [1.29, 1.82) is 0 Å². The Kier molecular flexibility index (Phi) is 6.54. The molecule has 0 heterocycles. The summed E-state index contributed by atoms with van der Waals surface area (Å²) >= 11 is 0. The Labute approximate surface area is 153 Å². The minimum Gasteiger partial charge on any atom is -0.456 e. The molecule has 1 aromatic carbocycles. The van der Waals surface area contributed by atoms with Crippen molar-refractivity contribution in [2.45, 2.75) is 19.8 Å². The minimum absolute atomic E-state index is 0.154. The van der Waals surface area contributed by atoms with Gasteiger partial charge in [0.15, 0.2) is 6.61 Å². The van der Waals surface area contributed by atoms with Gasteiger partial charge >= 0.3 is 5.97 Å². The average Bonchev–Trinajstić information content (AvgIpc) is 2.82. The van der Waals surface area contributed by atoms with Crippen molar-refractivity contribution in [1.82, 2.24) is 0 Å². The van der Waals surface area contributed by atoms with Crippen molar-refractivity contribution < 1.29 is 32.8 Å². The Hall–Kier alpha value is -2.91. The molecule has 1 aromatic rings. The number of ether oxygens (including phenoxy) is 1. The summed E-state index contributed by atoms with van der Waals surface area (Å²) < 4.78 is 31.0. The molecule has 0 saturated heterocycles. The highest BCUT2D eigenvalue weighted by Gasteiger charge is 2.44. The molecule has 0 unspecified atom stereocenters. The lowest BCUT2D eigenvalue weighted by molar-refractivity contribution is -0.490. The molecule has 0 spiro atoms. The molecular formula is C17H18F2N2O6. The molecule has 1 saturated carbocycles. The number of carbonyl (C=O) groups is 3. The fourth-order valence-corrected chi connectivity index (χ4v) is 3.16. The van der Waals surface area contributed by atoms with Crippen LogP contribution < -0.4 is 5.32 Å². The van der Waals surface area contributed by atoms with Crippen molar-refractivity contribution in [2.75, 3.05) is 18.5 Å². The van der Waals surface area contributed by atoms with E-state index in [1.165, 1.54) is 0 Å². The van der Waals surface area contributed by atoms with Gasteiger partial charge in [-0.2, -0.15) is 0 Å². The van der Waals surface area contributed by atoms with Crippen LogP contribution in [0, 0.1) is 39.5 Å². The molecule has 1 fully saturated rings. The van der Waals surface area contributed by atoms with Crippen LogP contribution >= 0.6 is 0 Å². The summed E-state index contributed by atoms with van der Waals surface area (Å²) in [6, 6.07) is 2.56. The summed E-state index contributed by atoms with van der Waals surface area (Å²) in [4.78, 5) is 45.8. The Morgan fingerprint density at radius 2 is 2.07 bits per heavy atom. The standard InChI is InChI=1S/C17H18F2N2O6/c1-9-4-15(22)11(12(9)7-21(25)26)6-17(24)27-8-16(23)20-14-3-2-10(18)5-13(14)19/h2-3,5,9,11-12H,4,6-8H2,1H3,(H,20,23)/t9-,11-,12-/m1/s1. The number of nitrogens with one attached hydrogen (secondary N) is 1. The molecule has 10 heteroatoms. The van der Waals surface area contributed by atoms with Crippen molar-refractivity contribution in [2.24, 2.45) is 17.8 Å². The average molecular weight is 384 g/mol. The summed E-state index contributed by atoms with van der Waals surface area (Å²) in [7, 11) is 0. The summed E-state index contributed by atoms with van der Waals surface area (Å²) in [5.41, 5.74) is -0.275. The third kappa shape index (κ3) is 5.53. The number of benzene rings is 1. The second-order valence-corrected chi connectivity index (χ2v) is 6.47. The first-order chi connectivity index (χ1) is 12.7. The van der Waals surface area contributed by atoms with Gasteiger partial charge in [-0.05, 0) is 18.1 Å². The molecule has 1 aliphatic rings. The van der Waals surface area contributed by atoms with E-state index in [9.17, 15) is 33.3 Å². The van der Waals surface area contributed by atoms with Crippen LogP contribution in [0.1, 0.15) is 19.8 Å². The molecule has 0 aliphatic heterocycles. The molecule has 8 nitrogen and oxygen atoms in total. The van der Waals surface area contributed by atoms with E-state index in [1.54, 1.807) is 6.92 Å². The number of hydrogen-bond donors (Lipinski definition) is 1. The number of rotatable bonds is 7. The third-order valence-electron chi connectivity index (χ3n) is 4.50. The zero-order valence-corrected chi connectivity index (χ0v) is 14.4. The van der Waals surface area contributed by atoms with Gasteiger partial charge in [0.2, 0.25) is 6.54 Å². The van der Waals surface area contributed by atoms with Crippen LogP contribution in [0.5, 0.6) is 0 Å². The summed E-state index contributed by atoms with van der Waals surface area (Å²) in [6.07, 6.45) is -0.208. The maximum atomic E-state index is 13.5. The SMILES string of the molecule is C[C@@H]1CC(=O)[C@H](CC(=O)OCC(=O)Nc2ccc(F)cc2F)[C@@H]1C[N+](=O)[O-]. The molecule has 0 bridgehead atoms. The predicted molar refractivity (Wildman–Crippen MR) is 88.2 cm³/mol. The van der Waals surface area contributed by atoms with Gasteiger partial charge in [-0.15, -0.1) is 0 Å². The molecule has 3 atom stereocenters. The fourth-order valence-electron chi connectivity index (χ4n) is 3.16. The largest absolute Gasteiger partial charge is 0.456 e. The molecule has 1 amide bonds. The van der Waals surface area contributed by atoms with E-state index in [-0.39, 0.29) is 30.2 Å². The van der Waals surface area contributed by atoms with Crippen LogP contribution in [0.3, 0.4) is 0 Å². The second-order valence-electron chi connectivity index (χ2n) is 6.47. The van der Waals surface area contributed by atoms with E-state index >= 15 is 0 Å². The zero-order chi connectivity index (χ0) is 20.1. The number of anilines is 1. The van der Waals surface area contributed by atoms with E-state index in [2.05, 4.69) is 5.32 Å². The van der Waals surface area contributed by atoms with Crippen LogP contribution in [-0.4, -0.2) is 35.7 Å². The third-order valence-corrected chi connectivity index (χ3v) is 4.50. The van der Waals surface area contributed by atoms with E-state index < -0.39 is 53.4 Å². The van der Waals surface area contributed by atoms with Crippen LogP contribution in [0.15, 0.2) is 18.2 Å². The number of esters is 1. The van der Waals surface area contributed by atoms with E-state index in [0.717, 1.165) is 12.1 Å². The van der Waals surface area contributed by atoms with Gasteiger partial charge in [0.1, 0.15) is 17.4 Å². The van der Waals surface area contributed by atoms with Gasteiger partial charge in [0.25, 0.3) is 5.91 Å². The van der Waals surface area contributed by atoms with Gasteiger partial charge in [-0.3, -0.25) is 24.5 Å². The predicted octanol–water partition coefficient (Wildman–Crippen LogP) is 1.95. The maximum Gasteiger partial charge on any atom is 0.307 e. The smallest absolute Gasteiger partial charge is 0.307 e. The molecule has 146 valence electrons. The van der Waals surface area contributed by atoms with Gasteiger partial charge in [0, 0.05) is 29.2 Å². The van der Waals surface area contributed by atoms with Crippen molar-refractivity contribution in [3.05, 3.63) is 39.9 Å². The molecule has 2 rings (SSSR count). The Bertz CT molecular complexity index is 770. The van der Waals surface area contributed by atoms with E-state index in [4.69, 9.17) is 4.74 Å². The zero-order valence-electron chi connectivity index (χ0n) is 14.4. The highest BCUT2D eigenvalue weighted by atomic mass is 19.1. The monoisotopic (exact) mass is 384 g/mol. The highest BCUT2D eigenvalue weighted by molar-refractivity contribution is 5.93. The summed E-state index contributed by atoms with van der Waals surface area (Å²) in [5.74, 6) is -5.35. The van der Waals surface area contributed by atoms with Gasteiger partial charge in [-0.1, -0.05) is 6.92 Å². The van der Waals surface area contributed by atoms with Gasteiger partial charge in [0.05, 0.1) is 12.1 Å². The van der Waals surface area contributed by atoms with E-state index in [0.29, 0.717) is 6.07 Å². The molecule has 1 N–H and O–H groups in total. The Morgan fingerprint density at radius 3 is 2.70 bits per heavy atom. The number of ketones is 1. The van der Waals surface area contributed by atoms with Crippen molar-refractivity contribution >= 4 is 23.3 Å².